The van der Waals surface area contributed by atoms with Crippen LogP contribution >= 0.6 is 0 Å². The van der Waals surface area contributed by atoms with E-state index in [4.69, 9.17) is 14.2 Å². The van der Waals surface area contributed by atoms with Gasteiger partial charge in [-0.05, 0) is 64.2 Å². The molecule has 0 radical (unpaired) electrons. The molecule has 0 heterocycles. The first-order valence-corrected chi connectivity index (χ1v) is 28.8. The van der Waals surface area contributed by atoms with Gasteiger partial charge in [-0.2, -0.15) is 0 Å². The molecule has 0 aromatic carbocycles. The maximum absolute atomic E-state index is 12.7. The molecule has 0 saturated heterocycles. The number of unbranched alkanes of at least 4 members (excludes halogenated alkanes) is 32. The Kier molecular flexibility index (Phi) is 54.9. The fraction of sp³-hybridized carbons (Fsp3) is 0.803. The molecule has 5 nitrogen and oxygen atoms in total. The van der Waals surface area contributed by atoms with Gasteiger partial charge in [0.2, 0.25) is 0 Å². The third-order valence-corrected chi connectivity index (χ3v) is 12.6. The third kappa shape index (κ3) is 54.2. The summed E-state index contributed by atoms with van der Waals surface area (Å²) in [6.07, 6.45) is 72.6. The van der Waals surface area contributed by atoms with E-state index in [9.17, 15) is 9.59 Å². The molecule has 5 heteroatoms. The Bertz CT molecular complexity index is 1130. The van der Waals surface area contributed by atoms with Gasteiger partial charge in [0, 0.05) is 19.4 Å². The van der Waals surface area contributed by atoms with Crippen LogP contribution in [0.5, 0.6) is 0 Å². The van der Waals surface area contributed by atoms with E-state index in [0.717, 1.165) is 83.5 Å². The van der Waals surface area contributed by atoms with Crippen molar-refractivity contribution in [3.8, 4) is 0 Å². The van der Waals surface area contributed by atoms with Crippen LogP contribution in [-0.2, 0) is 23.8 Å². The second-order valence-electron chi connectivity index (χ2n) is 19.2. The number of carbonyl (C=O) groups is 2. The summed E-state index contributed by atoms with van der Waals surface area (Å²) in [7, 11) is 0. The van der Waals surface area contributed by atoms with Crippen molar-refractivity contribution in [1.82, 2.24) is 0 Å². The summed E-state index contributed by atoms with van der Waals surface area (Å²) in [5.74, 6) is -0.357. The number of rotatable bonds is 53. The minimum Gasteiger partial charge on any atom is -0.463 e. The number of allylic oxidation sites excluding steroid dienone is 10. The highest BCUT2D eigenvalue weighted by atomic mass is 16.6. The molecule has 0 amide bonds. The van der Waals surface area contributed by atoms with Crippen molar-refractivity contribution in [1.29, 1.82) is 0 Å². The van der Waals surface area contributed by atoms with Gasteiger partial charge in [0.1, 0.15) is 19.3 Å². The molecule has 384 valence electrons. The molecular formula is C61H110O5. The molecule has 0 aliphatic rings. The van der Waals surface area contributed by atoms with Gasteiger partial charge in [-0.25, -0.2) is 0 Å². The first-order valence-electron chi connectivity index (χ1n) is 28.8. The van der Waals surface area contributed by atoms with Crippen LogP contribution in [0, 0.1) is 0 Å². The molecule has 0 aliphatic carbocycles. The van der Waals surface area contributed by atoms with E-state index in [1.54, 1.807) is 0 Å². The van der Waals surface area contributed by atoms with Gasteiger partial charge in [-0.3, -0.25) is 9.59 Å². The predicted octanol–water partition coefficient (Wildman–Crippen LogP) is 19.7. The highest BCUT2D eigenvalue weighted by Crippen LogP contribution is 2.16. The third-order valence-electron chi connectivity index (χ3n) is 12.6. The van der Waals surface area contributed by atoms with Crippen LogP contribution in [0.15, 0.2) is 60.8 Å². The van der Waals surface area contributed by atoms with Crippen molar-refractivity contribution in [3.05, 3.63) is 60.8 Å². The second kappa shape index (κ2) is 56.9. The van der Waals surface area contributed by atoms with Crippen LogP contribution in [0.4, 0.5) is 0 Å². The van der Waals surface area contributed by atoms with Crippen LogP contribution in [0.2, 0.25) is 0 Å². The van der Waals surface area contributed by atoms with Gasteiger partial charge in [-0.15, -0.1) is 0 Å². The van der Waals surface area contributed by atoms with E-state index in [1.165, 1.54) is 173 Å². The molecule has 0 fully saturated rings. The summed E-state index contributed by atoms with van der Waals surface area (Å²) in [6.45, 7) is 7.63. The summed E-state index contributed by atoms with van der Waals surface area (Å²) in [5.41, 5.74) is 0. The highest BCUT2D eigenvalue weighted by molar-refractivity contribution is 5.69. The average molecular weight is 924 g/mol. The number of esters is 2. The van der Waals surface area contributed by atoms with Crippen LogP contribution in [0.25, 0.3) is 0 Å². The van der Waals surface area contributed by atoms with Crippen molar-refractivity contribution in [2.45, 2.75) is 297 Å². The predicted molar refractivity (Wildman–Crippen MR) is 288 cm³/mol. The van der Waals surface area contributed by atoms with E-state index in [1.807, 2.05) is 0 Å². The Hall–Kier alpha value is -2.40. The summed E-state index contributed by atoms with van der Waals surface area (Å²) in [4.78, 5) is 25.3. The molecule has 0 bridgehead atoms. The highest BCUT2D eigenvalue weighted by Gasteiger charge is 2.16. The summed E-state index contributed by atoms with van der Waals surface area (Å²) < 4.78 is 17.5. The minimum absolute atomic E-state index is 0.143. The van der Waals surface area contributed by atoms with Gasteiger partial charge >= 0.3 is 11.9 Å². The molecule has 66 heavy (non-hydrogen) atoms. The Balaban J connectivity index is 4.29. The first kappa shape index (κ1) is 63.6. The smallest absolute Gasteiger partial charge is 0.305 e. The number of ether oxygens (including phenoxy) is 3. The van der Waals surface area contributed by atoms with E-state index in [0.29, 0.717) is 19.4 Å². The Morgan fingerprint density at radius 2 is 0.621 bits per heavy atom. The van der Waals surface area contributed by atoms with Crippen LogP contribution < -0.4 is 0 Å². The van der Waals surface area contributed by atoms with E-state index < -0.39 is 6.10 Å². The topological polar surface area (TPSA) is 61.8 Å². The Labute approximate surface area is 411 Å². The minimum atomic E-state index is -0.411. The SMILES string of the molecule is CC/C=C\C/C=C\C/C=C\C/C=C\C/C=C\CCCCCC(=O)OC[C@H](COC(=O)CCCCCCCCCCCCCCCCC)OCCCCCCCCCCCCCCCCCC. The van der Waals surface area contributed by atoms with Gasteiger partial charge in [-0.1, -0.05) is 274 Å². The molecule has 0 N–H and O–H groups in total. The van der Waals surface area contributed by atoms with Gasteiger partial charge < -0.3 is 14.2 Å². The number of carbonyl (C=O) groups excluding carboxylic acids is 2. The van der Waals surface area contributed by atoms with Crippen LogP contribution in [0.1, 0.15) is 290 Å². The lowest BCUT2D eigenvalue weighted by molar-refractivity contribution is -0.155. The van der Waals surface area contributed by atoms with E-state index >= 15 is 0 Å². The molecule has 0 aromatic heterocycles. The fourth-order valence-corrected chi connectivity index (χ4v) is 8.28. The van der Waals surface area contributed by atoms with Crippen molar-refractivity contribution in [3.63, 3.8) is 0 Å². The molecule has 0 aromatic rings. The Morgan fingerprint density at radius 3 is 0.970 bits per heavy atom. The maximum atomic E-state index is 12.7. The summed E-state index contributed by atoms with van der Waals surface area (Å²) >= 11 is 0. The van der Waals surface area contributed by atoms with Gasteiger partial charge in [0.05, 0.1) is 0 Å². The van der Waals surface area contributed by atoms with Crippen molar-refractivity contribution in [2.75, 3.05) is 19.8 Å². The lowest BCUT2D eigenvalue weighted by Gasteiger charge is -2.18. The zero-order chi connectivity index (χ0) is 47.7. The molecule has 0 aliphatic heterocycles. The monoisotopic (exact) mass is 923 g/mol. The maximum Gasteiger partial charge on any atom is 0.305 e. The van der Waals surface area contributed by atoms with Crippen LogP contribution in [0.3, 0.4) is 0 Å². The zero-order valence-electron chi connectivity index (χ0n) is 44.2. The fourth-order valence-electron chi connectivity index (χ4n) is 8.28. The van der Waals surface area contributed by atoms with E-state index in [-0.39, 0.29) is 25.2 Å². The summed E-state index contributed by atoms with van der Waals surface area (Å²) in [5, 5.41) is 0. The van der Waals surface area contributed by atoms with Crippen molar-refractivity contribution >= 4 is 11.9 Å². The molecule has 0 rings (SSSR count). The molecule has 0 spiro atoms. The normalized spacial score (nSPS) is 12.6. The van der Waals surface area contributed by atoms with Crippen molar-refractivity contribution < 1.29 is 23.8 Å². The van der Waals surface area contributed by atoms with E-state index in [2.05, 4.69) is 81.5 Å². The molecule has 0 saturated carbocycles. The zero-order valence-corrected chi connectivity index (χ0v) is 44.2. The summed E-state index contributed by atoms with van der Waals surface area (Å²) in [6, 6.07) is 0. The van der Waals surface area contributed by atoms with Crippen LogP contribution in [-0.4, -0.2) is 37.9 Å². The lowest BCUT2D eigenvalue weighted by Crippen LogP contribution is -2.29. The first-order chi connectivity index (χ1) is 32.6. The largest absolute Gasteiger partial charge is 0.463 e. The standard InChI is InChI=1S/C61H110O5/c1-4-7-10-13-16-19-22-25-28-30-31-32-34-37-40-43-46-49-52-55-61(63)66-58-59(64-56-53-50-47-44-41-38-35-29-26-23-20-17-14-11-8-5-2)57-65-60(62)54-51-48-45-42-39-36-33-27-24-21-18-15-12-9-6-3/h7,10,16,19,25,28,31-32,37,40,59H,4-6,8-9,11-15,17-18,20-24,26-27,29-30,33-36,38-39,41-58H2,1-3H3/b10-7-,19-16-,28-25-,32-31-,40-37-/t59-/m0/s1. The van der Waals surface area contributed by atoms with Crippen molar-refractivity contribution in [2.24, 2.45) is 0 Å². The quantitative estimate of drug-likeness (QED) is 0.0346. The molecule has 1 atom stereocenters. The average Bonchev–Trinajstić information content (AvgIpc) is 3.32. The lowest BCUT2D eigenvalue weighted by atomic mass is 10.0. The molecule has 0 unspecified atom stereocenters. The second-order valence-corrected chi connectivity index (χ2v) is 19.2. The Morgan fingerprint density at radius 1 is 0.333 bits per heavy atom. The van der Waals surface area contributed by atoms with Gasteiger partial charge in [0.15, 0.2) is 0 Å². The number of hydrogen-bond donors (Lipinski definition) is 0. The van der Waals surface area contributed by atoms with Gasteiger partial charge in [0.25, 0.3) is 0 Å². The number of hydrogen-bond acceptors (Lipinski definition) is 5. The molecular weight excluding hydrogens is 813 g/mol.